The van der Waals surface area contributed by atoms with E-state index in [9.17, 15) is 8.42 Å². The lowest BCUT2D eigenvalue weighted by Gasteiger charge is -2.36. The first-order chi connectivity index (χ1) is 8.41. The van der Waals surface area contributed by atoms with Gasteiger partial charge in [-0.3, -0.25) is 0 Å². The molecule has 1 saturated heterocycles. The number of nitrogens with zero attached hydrogens (tertiary/aromatic N) is 3. The van der Waals surface area contributed by atoms with Crippen molar-refractivity contribution in [1.82, 2.24) is 14.2 Å². The summed E-state index contributed by atoms with van der Waals surface area (Å²) in [5.74, 6) is 0. The molecule has 2 heterocycles. The molecule has 18 heavy (non-hydrogen) atoms. The standard InChI is InChI=1S/C11H16ClN3O2S/c1-9-8-15(6-5-14(9)2)18(16,17)10-3-4-13-11(12)7-10/h3-4,7,9H,5-6,8H2,1-2H3. The van der Waals surface area contributed by atoms with Crippen molar-refractivity contribution in [2.75, 3.05) is 26.7 Å². The Morgan fingerprint density at radius 1 is 1.44 bits per heavy atom. The smallest absolute Gasteiger partial charge is 0.243 e. The zero-order chi connectivity index (χ0) is 13.3. The molecule has 1 aliphatic heterocycles. The van der Waals surface area contributed by atoms with Gasteiger partial charge in [0.25, 0.3) is 0 Å². The summed E-state index contributed by atoms with van der Waals surface area (Å²) in [6.07, 6.45) is 1.41. The van der Waals surface area contributed by atoms with Gasteiger partial charge in [-0.15, -0.1) is 0 Å². The zero-order valence-electron chi connectivity index (χ0n) is 10.4. The van der Waals surface area contributed by atoms with Crippen molar-refractivity contribution in [2.45, 2.75) is 17.9 Å². The van der Waals surface area contributed by atoms with E-state index in [1.54, 1.807) is 0 Å². The molecule has 5 nitrogen and oxygen atoms in total. The first-order valence-electron chi connectivity index (χ1n) is 5.73. The molecule has 1 fully saturated rings. The Balaban J connectivity index is 2.27. The number of pyridine rings is 1. The van der Waals surface area contributed by atoms with E-state index in [1.807, 2.05) is 14.0 Å². The molecule has 1 unspecified atom stereocenters. The Morgan fingerprint density at radius 2 is 2.17 bits per heavy atom. The van der Waals surface area contributed by atoms with Crippen LogP contribution < -0.4 is 0 Å². The minimum Gasteiger partial charge on any atom is -0.301 e. The highest BCUT2D eigenvalue weighted by molar-refractivity contribution is 7.89. The topological polar surface area (TPSA) is 53.5 Å². The number of aromatic nitrogens is 1. The first kappa shape index (κ1) is 13.7. The van der Waals surface area contributed by atoms with Gasteiger partial charge in [-0.1, -0.05) is 11.6 Å². The highest BCUT2D eigenvalue weighted by Gasteiger charge is 2.30. The van der Waals surface area contributed by atoms with E-state index in [2.05, 4.69) is 9.88 Å². The third-order valence-electron chi connectivity index (χ3n) is 3.26. The Hall–Kier alpha value is -0.690. The fourth-order valence-electron chi connectivity index (χ4n) is 1.93. The lowest BCUT2D eigenvalue weighted by molar-refractivity contribution is 0.159. The van der Waals surface area contributed by atoms with Crippen LogP contribution in [0.25, 0.3) is 0 Å². The molecule has 0 radical (unpaired) electrons. The molecule has 0 saturated carbocycles. The molecule has 2 rings (SSSR count). The highest BCUT2D eigenvalue weighted by Crippen LogP contribution is 2.20. The summed E-state index contributed by atoms with van der Waals surface area (Å²) < 4.78 is 26.3. The van der Waals surface area contributed by atoms with Gasteiger partial charge in [-0.2, -0.15) is 4.31 Å². The van der Waals surface area contributed by atoms with E-state index in [0.29, 0.717) is 13.1 Å². The Bertz CT molecular complexity index is 535. The van der Waals surface area contributed by atoms with Gasteiger partial charge in [0.15, 0.2) is 0 Å². The average molecular weight is 290 g/mol. The van der Waals surface area contributed by atoms with Gasteiger partial charge in [0, 0.05) is 31.9 Å². The SMILES string of the molecule is CC1CN(S(=O)(=O)c2ccnc(Cl)c2)CCN1C. The van der Waals surface area contributed by atoms with E-state index in [0.717, 1.165) is 6.54 Å². The summed E-state index contributed by atoms with van der Waals surface area (Å²) in [5, 5.41) is 0.193. The lowest BCUT2D eigenvalue weighted by atomic mass is 10.2. The number of piperazine rings is 1. The molecule has 0 spiro atoms. The fraction of sp³-hybridized carbons (Fsp3) is 0.545. The second-order valence-electron chi connectivity index (χ2n) is 4.51. The molecular weight excluding hydrogens is 274 g/mol. The van der Waals surface area contributed by atoms with Gasteiger partial charge in [-0.05, 0) is 26.1 Å². The number of hydrogen-bond acceptors (Lipinski definition) is 4. The quantitative estimate of drug-likeness (QED) is 0.764. The van der Waals surface area contributed by atoms with Crippen LogP contribution in [0.2, 0.25) is 5.15 Å². The van der Waals surface area contributed by atoms with Gasteiger partial charge in [0.2, 0.25) is 10.0 Å². The third-order valence-corrected chi connectivity index (χ3v) is 5.33. The van der Waals surface area contributed by atoms with Crippen LogP contribution in [0, 0.1) is 0 Å². The van der Waals surface area contributed by atoms with E-state index < -0.39 is 10.0 Å². The van der Waals surface area contributed by atoms with Crippen LogP contribution >= 0.6 is 11.6 Å². The summed E-state index contributed by atoms with van der Waals surface area (Å²) >= 11 is 5.74. The van der Waals surface area contributed by atoms with Crippen LogP contribution in [0.4, 0.5) is 0 Å². The molecule has 7 heteroatoms. The second-order valence-corrected chi connectivity index (χ2v) is 6.83. The molecule has 0 N–H and O–H groups in total. The van der Waals surface area contributed by atoms with Crippen LogP contribution in [0.15, 0.2) is 23.2 Å². The minimum absolute atomic E-state index is 0.193. The summed E-state index contributed by atoms with van der Waals surface area (Å²) in [6, 6.07) is 3.08. The normalized spacial score (nSPS) is 23.2. The first-order valence-corrected chi connectivity index (χ1v) is 7.55. The molecule has 1 aromatic heterocycles. The molecule has 0 bridgehead atoms. The molecule has 1 atom stereocenters. The molecular formula is C11H16ClN3O2S. The highest BCUT2D eigenvalue weighted by atomic mass is 35.5. The Labute approximate surface area is 112 Å². The van der Waals surface area contributed by atoms with Gasteiger partial charge in [0.1, 0.15) is 5.15 Å². The van der Waals surface area contributed by atoms with E-state index in [4.69, 9.17) is 11.6 Å². The van der Waals surface area contributed by atoms with Gasteiger partial charge in [0.05, 0.1) is 4.90 Å². The van der Waals surface area contributed by atoms with Gasteiger partial charge in [-0.25, -0.2) is 13.4 Å². The average Bonchev–Trinajstić information content (AvgIpc) is 2.32. The minimum atomic E-state index is -3.46. The van der Waals surface area contributed by atoms with Gasteiger partial charge < -0.3 is 4.90 Å². The molecule has 100 valence electrons. The van der Waals surface area contributed by atoms with Crippen molar-refractivity contribution in [3.8, 4) is 0 Å². The predicted octanol–water partition coefficient (Wildman–Crippen LogP) is 1.06. The predicted molar refractivity (Wildman–Crippen MR) is 70.1 cm³/mol. The summed E-state index contributed by atoms with van der Waals surface area (Å²) in [7, 11) is -1.46. The van der Waals surface area contributed by atoms with Crippen LogP contribution in [-0.2, 0) is 10.0 Å². The molecule has 0 aromatic carbocycles. The van der Waals surface area contributed by atoms with Crippen LogP contribution in [0.5, 0.6) is 0 Å². The summed E-state index contributed by atoms with van der Waals surface area (Å²) in [6.45, 7) is 3.75. The monoisotopic (exact) mass is 289 g/mol. The second kappa shape index (κ2) is 5.13. The number of hydrogen-bond donors (Lipinski definition) is 0. The maximum absolute atomic E-state index is 12.4. The Morgan fingerprint density at radius 3 is 2.78 bits per heavy atom. The molecule has 1 aliphatic rings. The Kier molecular flexibility index (Phi) is 3.91. The molecule has 0 aliphatic carbocycles. The largest absolute Gasteiger partial charge is 0.301 e. The van der Waals surface area contributed by atoms with Crippen molar-refractivity contribution in [1.29, 1.82) is 0 Å². The number of rotatable bonds is 2. The van der Waals surface area contributed by atoms with Crippen molar-refractivity contribution in [3.63, 3.8) is 0 Å². The van der Waals surface area contributed by atoms with E-state index in [-0.39, 0.29) is 16.1 Å². The van der Waals surface area contributed by atoms with Crippen LogP contribution in [-0.4, -0.2) is 55.3 Å². The van der Waals surface area contributed by atoms with Crippen molar-refractivity contribution in [2.24, 2.45) is 0 Å². The summed E-state index contributed by atoms with van der Waals surface area (Å²) in [4.78, 5) is 6.15. The maximum Gasteiger partial charge on any atom is 0.243 e. The van der Waals surface area contributed by atoms with Crippen molar-refractivity contribution in [3.05, 3.63) is 23.5 Å². The molecule has 1 aromatic rings. The summed E-state index contributed by atoms with van der Waals surface area (Å²) in [5.41, 5.74) is 0. The van der Waals surface area contributed by atoms with Gasteiger partial charge >= 0.3 is 0 Å². The zero-order valence-corrected chi connectivity index (χ0v) is 11.9. The number of likely N-dealkylation sites (N-methyl/N-ethyl adjacent to an activating group) is 1. The number of halogens is 1. The van der Waals surface area contributed by atoms with Crippen LogP contribution in [0.3, 0.4) is 0 Å². The van der Waals surface area contributed by atoms with Crippen LogP contribution in [0.1, 0.15) is 6.92 Å². The maximum atomic E-state index is 12.4. The molecule has 0 amide bonds. The number of sulfonamides is 1. The van der Waals surface area contributed by atoms with E-state index in [1.165, 1.54) is 22.6 Å². The van der Waals surface area contributed by atoms with Crippen molar-refractivity contribution >= 4 is 21.6 Å². The van der Waals surface area contributed by atoms with E-state index >= 15 is 0 Å². The third kappa shape index (κ3) is 2.66. The fourth-order valence-corrected chi connectivity index (χ4v) is 3.69. The van der Waals surface area contributed by atoms with Crippen molar-refractivity contribution < 1.29 is 8.42 Å². The lowest BCUT2D eigenvalue weighted by Crippen LogP contribution is -2.51.